The van der Waals surface area contributed by atoms with Gasteiger partial charge in [-0.05, 0) is 32.3 Å². The SMILES string of the molecule is C/C=C1\C[C@@H](C)[C@@](C)(O)C(=O)OCc2ccn3c2[C@H](OC1=O)[C@H](O)C3. The topological polar surface area (TPSA) is 98.0 Å². The lowest BCUT2D eigenvalue weighted by Gasteiger charge is -2.29. The first-order valence-corrected chi connectivity index (χ1v) is 8.37. The fraction of sp³-hybridized carbons (Fsp3) is 0.556. The van der Waals surface area contributed by atoms with Crippen LogP contribution in [0.4, 0.5) is 0 Å². The van der Waals surface area contributed by atoms with E-state index in [2.05, 4.69) is 0 Å². The van der Waals surface area contributed by atoms with Gasteiger partial charge in [0.15, 0.2) is 11.7 Å². The van der Waals surface area contributed by atoms with Crippen LogP contribution >= 0.6 is 0 Å². The summed E-state index contributed by atoms with van der Waals surface area (Å²) in [5, 5.41) is 20.8. The molecule has 0 fully saturated rings. The molecule has 0 radical (unpaired) electrons. The van der Waals surface area contributed by atoms with E-state index in [9.17, 15) is 19.8 Å². The van der Waals surface area contributed by atoms with Gasteiger partial charge in [-0.15, -0.1) is 0 Å². The van der Waals surface area contributed by atoms with E-state index in [0.29, 0.717) is 23.4 Å². The predicted molar refractivity (Wildman–Crippen MR) is 87.2 cm³/mol. The zero-order valence-electron chi connectivity index (χ0n) is 14.6. The van der Waals surface area contributed by atoms with Crippen LogP contribution in [0, 0.1) is 5.92 Å². The molecule has 1 aromatic rings. The number of hydrogen-bond acceptors (Lipinski definition) is 6. The summed E-state index contributed by atoms with van der Waals surface area (Å²) in [6, 6.07) is 1.76. The van der Waals surface area contributed by atoms with Gasteiger partial charge in [-0.3, -0.25) is 0 Å². The Hall–Kier alpha value is -2.12. The van der Waals surface area contributed by atoms with Gasteiger partial charge in [-0.25, -0.2) is 9.59 Å². The van der Waals surface area contributed by atoms with Gasteiger partial charge in [0, 0.05) is 17.3 Å². The molecule has 0 spiro atoms. The van der Waals surface area contributed by atoms with Crippen LogP contribution in [-0.2, 0) is 32.2 Å². The van der Waals surface area contributed by atoms with Crippen molar-refractivity contribution in [1.29, 1.82) is 0 Å². The van der Waals surface area contributed by atoms with Crippen LogP contribution in [0.15, 0.2) is 23.9 Å². The fourth-order valence-electron chi connectivity index (χ4n) is 3.30. The number of aliphatic hydroxyl groups excluding tert-OH is 1. The lowest BCUT2D eigenvalue weighted by Crippen LogP contribution is -2.43. The molecule has 4 atom stereocenters. The van der Waals surface area contributed by atoms with E-state index in [4.69, 9.17) is 9.47 Å². The number of hydrogen-bond donors (Lipinski definition) is 2. The molecule has 3 rings (SSSR count). The van der Waals surface area contributed by atoms with Crippen molar-refractivity contribution in [2.24, 2.45) is 5.92 Å². The number of rotatable bonds is 0. The molecular formula is C18H23NO6. The number of allylic oxidation sites excluding steroid dienone is 1. The largest absolute Gasteiger partial charge is 0.459 e. The van der Waals surface area contributed by atoms with Crippen LogP contribution in [0.1, 0.15) is 44.6 Å². The summed E-state index contributed by atoms with van der Waals surface area (Å²) in [7, 11) is 0. The van der Waals surface area contributed by atoms with Crippen LogP contribution in [-0.4, -0.2) is 38.4 Å². The molecule has 2 aliphatic rings. The molecule has 2 N–H and O–H groups in total. The Bertz CT molecular complexity index is 732. The Morgan fingerprint density at radius 3 is 2.80 bits per heavy atom. The summed E-state index contributed by atoms with van der Waals surface area (Å²) in [5.74, 6) is -1.83. The minimum absolute atomic E-state index is 0.0543. The maximum absolute atomic E-state index is 12.6. The molecule has 0 saturated carbocycles. The van der Waals surface area contributed by atoms with Gasteiger partial charge < -0.3 is 24.3 Å². The highest BCUT2D eigenvalue weighted by atomic mass is 16.6. The quantitative estimate of drug-likeness (QED) is 0.540. The van der Waals surface area contributed by atoms with Gasteiger partial charge in [0.25, 0.3) is 0 Å². The molecule has 0 bridgehead atoms. The average molecular weight is 349 g/mol. The van der Waals surface area contributed by atoms with Crippen LogP contribution in [0.5, 0.6) is 0 Å². The Morgan fingerprint density at radius 1 is 1.40 bits per heavy atom. The van der Waals surface area contributed by atoms with Gasteiger partial charge in [0.05, 0.1) is 12.2 Å². The van der Waals surface area contributed by atoms with Crippen molar-refractivity contribution in [2.45, 2.75) is 58.2 Å². The first-order chi connectivity index (χ1) is 11.8. The first-order valence-electron chi connectivity index (χ1n) is 8.37. The number of aromatic nitrogens is 1. The number of aliphatic hydroxyl groups is 2. The fourth-order valence-corrected chi connectivity index (χ4v) is 3.30. The molecule has 7 heteroatoms. The van der Waals surface area contributed by atoms with E-state index in [0.717, 1.165) is 0 Å². The third-order valence-corrected chi connectivity index (χ3v) is 5.20. The van der Waals surface area contributed by atoms with Gasteiger partial charge in [-0.2, -0.15) is 0 Å². The smallest absolute Gasteiger partial charge is 0.338 e. The summed E-state index contributed by atoms with van der Waals surface area (Å²) in [4.78, 5) is 24.9. The lowest BCUT2D eigenvalue weighted by atomic mass is 9.85. The zero-order chi connectivity index (χ0) is 18.4. The van der Waals surface area contributed by atoms with E-state index in [1.807, 2.05) is 0 Å². The second-order valence-electron chi connectivity index (χ2n) is 6.91. The Kier molecular flexibility index (Phi) is 4.47. The highest BCUT2D eigenvalue weighted by Crippen LogP contribution is 2.36. The van der Waals surface area contributed by atoms with Crippen molar-refractivity contribution < 1.29 is 29.3 Å². The third kappa shape index (κ3) is 2.98. The Balaban J connectivity index is 2.02. The average Bonchev–Trinajstić information content (AvgIpc) is 3.08. The molecule has 1 aromatic heterocycles. The van der Waals surface area contributed by atoms with Gasteiger partial charge >= 0.3 is 11.9 Å². The van der Waals surface area contributed by atoms with E-state index in [1.54, 1.807) is 36.8 Å². The van der Waals surface area contributed by atoms with Gasteiger partial charge in [-0.1, -0.05) is 13.0 Å². The molecule has 0 aromatic carbocycles. The van der Waals surface area contributed by atoms with E-state index in [1.165, 1.54) is 6.92 Å². The first kappa shape index (κ1) is 17.7. The van der Waals surface area contributed by atoms with E-state index < -0.39 is 35.7 Å². The molecule has 2 aliphatic heterocycles. The zero-order valence-corrected chi connectivity index (χ0v) is 14.6. The molecular weight excluding hydrogens is 326 g/mol. The van der Waals surface area contributed by atoms with Crippen molar-refractivity contribution in [3.63, 3.8) is 0 Å². The molecule has 3 heterocycles. The molecule has 136 valence electrons. The maximum atomic E-state index is 12.6. The third-order valence-electron chi connectivity index (χ3n) is 5.20. The predicted octanol–water partition coefficient (Wildman–Crippen LogP) is 1.23. The molecule has 0 aliphatic carbocycles. The van der Waals surface area contributed by atoms with Crippen molar-refractivity contribution in [1.82, 2.24) is 4.57 Å². The van der Waals surface area contributed by atoms with Gasteiger partial charge in [0.2, 0.25) is 0 Å². The molecule has 7 nitrogen and oxygen atoms in total. The minimum Gasteiger partial charge on any atom is -0.459 e. The monoisotopic (exact) mass is 349 g/mol. The summed E-state index contributed by atoms with van der Waals surface area (Å²) < 4.78 is 12.7. The number of cyclic esters (lactones) is 1. The second-order valence-corrected chi connectivity index (χ2v) is 6.91. The minimum atomic E-state index is -1.73. The summed E-state index contributed by atoms with van der Waals surface area (Å²) >= 11 is 0. The van der Waals surface area contributed by atoms with Crippen LogP contribution in [0.3, 0.4) is 0 Å². The van der Waals surface area contributed by atoms with Crippen LogP contribution in [0.2, 0.25) is 0 Å². The Labute approximate surface area is 145 Å². The van der Waals surface area contributed by atoms with Crippen molar-refractivity contribution in [3.8, 4) is 0 Å². The van der Waals surface area contributed by atoms with Crippen molar-refractivity contribution in [2.75, 3.05) is 0 Å². The highest BCUT2D eigenvalue weighted by molar-refractivity contribution is 5.89. The number of esters is 2. The maximum Gasteiger partial charge on any atom is 0.338 e. The van der Waals surface area contributed by atoms with Crippen LogP contribution < -0.4 is 0 Å². The summed E-state index contributed by atoms with van der Waals surface area (Å²) in [6.45, 7) is 5.01. The number of carbonyl (C=O) groups is 2. The van der Waals surface area contributed by atoms with Gasteiger partial charge in [0.1, 0.15) is 12.7 Å². The summed E-state index contributed by atoms with van der Waals surface area (Å²) in [5.41, 5.74) is -0.110. The molecule has 25 heavy (non-hydrogen) atoms. The number of nitrogens with zero attached hydrogens (tertiary/aromatic N) is 1. The van der Waals surface area contributed by atoms with Crippen molar-refractivity contribution in [3.05, 3.63) is 35.2 Å². The second kappa shape index (κ2) is 6.31. The van der Waals surface area contributed by atoms with Crippen LogP contribution in [0.25, 0.3) is 0 Å². The van der Waals surface area contributed by atoms with Crippen molar-refractivity contribution >= 4 is 11.9 Å². The molecule has 0 saturated heterocycles. The standard InChI is InChI=1S/C18H23NO6/c1-4-11-7-10(2)18(3,23)17(22)24-9-12-5-6-19-8-13(20)15(14(12)19)25-16(11)21/h4-6,10,13,15,20,23H,7-9H2,1-3H3/b11-4+/t10-,13-,15-,18-/m1/s1. The Morgan fingerprint density at radius 2 is 2.12 bits per heavy atom. The number of carbonyl (C=O) groups excluding carboxylic acids is 2. The summed E-state index contributed by atoms with van der Waals surface area (Å²) in [6.07, 6.45) is 1.87. The molecule has 0 unspecified atom stereocenters. The number of ether oxygens (including phenoxy) is 2. The molecule has 0 amide bonds. The highest BCUT2D eigenvalue weighted by Gasteiger charge is 2.42. The van der Waals surface area contributed by atoms with E-state index in [-0.39, 0.29) is 13.0 Å². The normalized spacial score (nSPS) is 34.8. The van der Waals surface area contributed by atoms with E-state index >= 15 is 0 Å². The lowest BCUT2D eigenvalue weighted by molar-refractivity contribution is -0.171.